The van der Waals surface area contributed by atoms with Crippen molar-refractivity contribution in [1.82, 2.24) is 9.55 Å². The van der Waals surface area contributed by atoms with E-state index in [9.17, 15) is 9.18 Å². The normalized spacial score (nSPS) is 11.1. The molecule has 0 unspecified atom stereocenters. The molecular weight excluding hydrogens is 347 g/mol. The van der Waals surface area contributed by atoms with Crippen LogP contribution < -0.4 is 4.90 Å². The molecule has 0 saturated carbocycles. The number of carbonyl (C=O) groups is 1. The monoisotopic (exact) mass is 362 g/mol. The van der Waals surface area contributed by atoms with E-state index in [2.05, 4.69) is 4.98 Å². The zero-order valence-corrected chi connectivity index (χ0v) is 14.7. The highest BCUT2D eigenvalue weighted by Crippen LogP contribution is 2.29. The van der Waals surface area contributed by atoms with E-state index in [1.165, 1.54) is 18.2 Å². The standard InChI is InChI=1S/C17H16ClFN4O2/c1-4-25-16(24)11(10-20)9-14-15(18)23(17(21-14)22(2)3)13-7-5-12(19)6-8-13/h5-9H,4H2,1-3H3/b11-9+. The van der Waals surface area contributed by atoms with Gasteiger partial charge in [-0.25, -0.2) is 14.2 Å². The van der Waals surface area contributed by atoms with Crippen LogP contribution >= 0.6 is 11.6 Å². The van der Waals surface area contributed by atoms with Crippen molar-refractivity contribution >= 4 is 29.6 Å². The van der Waals surface area contributed by atoms with Crippen molar-refractivity contribution in [3.05, 3.63) is 46.5 Å². The first kappa shape index (κ1) is 18.5. The molecule has 0 spiro atoms. The molecule has 1 aromatic heterocycles. The lowest BCUT2D eigenvalue weighted by Gasteiger charge is -2.14. The lowest BCUT2D eigenvalue weighted by atomic mass is 10.2. The molecule has 8 heteroatoms. The molecule has 0 radical (unpaired) electrons. The first-order valence-electron chi connectivity index (χ1n) is 7.39. The van der Waals surface area contributed by atoms with Crippen LogP contribution in [0, 0.1) is 17.1 Å². The maximum absolute atomic E-state index is 13.2. The van der Waals surface area contributed by atoms with E-state index in [-0.39, 0.29) is 28.8 Å². The number of hydrogen-bond acceptors (Lipinski definition) is 5. The fourth-order valence-corrected chi connectivity index (χ4v) is 2.37. The number of ether oxygens (including phenoxy) is 1. The number of anilines is 1. The van der Waals surface area contributed by atoms with Gasteiger partial charge in [0.15, 0.2) is 0 Å². The van der Waals surface area contributed by atoms with Crippen LogP contribution in [0.25, 0.3) is 11.8 Å². The van der Waals surface area contributed by atoms with Gasteiger partial charge < -0.3 is 9.64 Å². The average molecular weight is 363 g/mol. The highest BCUT2D eigenvalue weighted by molar-refractivity contribution is 6.31. The average Bonchev–Trinajstić information content (AvgIpc) is 2.90. The molecule has 0 bridgehead atoms. The van der Waals surface area contributed by atoms with Gasteiger partial charge in [0.1, 0.15) is 28.3 Å². The van der Waals surface area contributed by atoms with Crippen molar-refractivity contribution in [1.29, 1.82) is 5.26 Å². The smallest absolute Gasteiger partial charge is 0.348 e. The number of hydrogen-bond donors (Lipinski definition) is 0. The number of carbonyl (C=O) groups excluding carboxylic acids is 1. The summed E-state index contributed by atoms with van der Waals surface area (Å²) in [6.07, 6.45) is 1.27. The third kappa shape index (κ3) is 3.98. The lowest BCUT2D eigenvalue weighted by Crippen LogP contribution is -2.14. The quantitative estimate of drug-likeness (QED) is 0.464. The second-order valence-electron chi connectivity index (χ2n) is 5.18. The summed E-state index contributed by atoms with van der Waals surface area (Å²) in [6.45, 7) is 1.80. The molecule has 1 heterocycles. The van der Waals surface area contributed by atoms with Crippen molar-refractivity contribution in [3.8, 4) is 11.8 Å². The Hall–Kier alpha value is -2.85. The molecule has 1 aromatic carbocycles. The third-order valence-electron chi connectivity index (χ3n) is 3.21. The number of halogens is 2. The SMILES string of the molecule is CCOC(=O)/C(C#N)=C/c1nc(N(C)C)n(-c2ccc(F)cc2)c1Cl. The van der Waals surface area contributed by atoms with Crippen LogP contribution in [0.2, 0.25) is 5.15 Å². The van der Waals surface area contributed by atoms with E-state index in [0.29, 0.717) is 11.6 Å². The number of nitrogens with zero attached hydrogens (tertiary/aromatic N) is 4. The van der Waals surface area contributed by atoms with Crippen molar-refractivity contribution in [2.24, 2.45) is 0 Å². The Kier molecular flexibility index (Phi) is 5.78. The molecule has 2 rings (SSSR count). The Labute approximate surface area is 149 Å². The van der Waals surface area contributed by atoms with E-state index in [4.69, 9.17) is 21.6 Å². The highest BCUT2D eigenvalue weighted by atomic mass is 35.5. The minimum Gasteiger partial charge on any atom is -0.462 e. The van der Waals surface area contributed by atoms with Gasteiger partial charge >= 0.3 is 5.97 Å². The van der Waals surface area contributed by atoms with E-state index in [1.54, 1.807) is 48.7 Å². The van der Waals surface area contributed by atoms with E-state index >= 15 is 0 Å². The summed E-state index contributed by atoms with van der Waals surface area (Å²) in [5, 5.41) is 9.35. The van der Waals surface area contributed by atoms with Crippen molar-refractivity contribution in [3.63, 3.8) is 0 Å². The van der Waals surface area contributed by atoms with Crippen LogP contribution in [0.1, 0.15) is 12.6 Å². The molecule has 0 atom stereocenters. The fraction of sp³-hybridized carbons (Fsp3) is 0.235. The number of esters is 1. The molecule has 0 aliphatic heterocycles. The zero-order valence-electron chi connectivity index (χ0n) is 14.0. The Balaban J connectivity index is 2.59. The molecule has 0 saturated heterocycles. The van der Waals surface area contributed by atoms with Gasteiger partial charge in [0, 0.05) is 14.1 Å². The molecule has 25 heavy (non-hydrogen) atoms. The topological polar surface area (TPSA) is 71.2 Å². The summed E-state index contributed by atoms with van der Waals surface area (Å²) in [5.74, 6) is -0.659. The fourth-order valence-electron chi connectivity index (χ4n) is 2.10. The van der Waals surface area contributed by atoms with Gasteiger partial charge in [-0.2, -0.15) is 5.26 Å². The highest BCUT2D eigenvalue weighted by Gasteiger charge is 2.19. The van der Waals surface area contributed by atoms with Crippen LogP contribution in [-0.4, -0.2) is 36.2 Å². The van der Waals surface area contributed by atoms with Crippen LogP contribution in [0.4, 0.5) is 10.3 Å². The minimum absolute atomic E-state index is 0.151. The van der Waals surface area contributed by atoms with E-state index in [0.717, 1.165) is 0 Å². The second kappa shape index (κ2) is 7.81. The lowest BCUT2D eigenvalue weighted by molar-refractivity contribution is -0.137. The van der Waals surface area contributed by atoms with Gasteiger partial charge in [-0.3, -0.25) is 4.57 Å². The Morgan fingerprint density at radius 1 is 1.44 bits per heavy atom. The molecule has 0 aliphatic rings. The third-order valence-corrected chi connectivity index (χ3v) is 3.57. The summed E-state index contributed by atoms with van der Waals surface area (Å²) in [7, 11) is 3.53. The van der Waals surface area contributed by atoms with E-state index < -0.39 is 5.97 Å². The zero-order chi connectivity index (χ0) is 18.6. The Morgan fingerprint density at radius 2 is 2.08 bits per heavy atom. The van der Waals surface area contributed by atoms with Crippen molar-refractivity contribution in [2.45, 2.75) is 6.92 Å². The number of rotatable bonds is 5. The largest absolute Gasteiger partial charge is 0.462 e. The first-order valence-corrected chi connectivity index (χ1v) is 7.77. The first-order chi connectivity index (χ1) is 11.9. The van der Waals surface area contributed by atoms with Gasteiger partial charge in [0.05, 0.1) is 12.3 Å². The summed E-state index contributed by atoms with van der Waals surface area (Å²) >= 11 is 6.40. The molecule has 130 valence electrons. The maximum Gasteiger partial charge on any atom is 0.348 e. The van der Waals surface area contributed by atoms with Crippen LogP contribution in [0.3, 0.4) is 0 Å². The Morgan fingerprint density at radius 3 is 2.60 bits per heavy atom. The van der Waals surface area contributed by atoms with Gasteiger partial charge in [-0.15, -0.1) is 0 Å². The summed E-state index contributed by atoms with van der Waals surface area (Å²) < 4.78 is 19.6. The summed E-state index contributed by atoms with van der Waals surface area (Å²) in [4.78, 5) is 17.9. The summed E-state index contributed by atoms with van der Waals surface area (Å²) in [5.41, 5.74) is 0.619. The molecule has 2 aromatic rings. The van der Waals surface area contributed by atoms with Gasteiger partial charge in [0.2, 0.25) is 5.95 Å². The maximum atomic E-state index is 13.2. The van der Waals surface area contributed by atoms with Crippen LogP contribution in [-0.2, 0) is 9.53 Å². The van der Waals surface area contributed by atoms with Crippen LogP contribution in [0.15, 0.2) is 29.8 Å². The Bertz CT molecular complexity index is 851. The van der Waals surface area contributed by atoms with Gasteiger partial charge in [-0.1, -0.05) is 11.6 Å². The summed E-state index contributed by atoms with van der Waals surface area (Å²) in [6, 6.07) is 7.50. The van der Waals surface area contributed by atoms with Gasteiger partial charge in [-0.05, 0) is 37.3 Å². The molecule has 0 aliphatic carbocycles. The van der Waals surface area contributed by atoms with Crippen molar-refractivity contribution < 1.29 is 13.9 Å². The molecule has 0 fully saturated rings. The predicted octanol–water partition coefficient (Wildman–Crippen LogP) is 3.20. The van der Waals surface area contributed by atoms with Crippen LogP contribution in [0.5, 0.6) is 0 Å². The number of imidazole rings is 1. The predicted molar refractivity (Wildman–Crippen MR) is 93.1 cm³/mol. The minimum atomic E-state index is -0.746. The number of aromatic nitrogens is 2. The van der Waals surface area contributed by atoms with Gasteiger partial charge in [0.25, 0.3) is 0 Å². The molecular formula is C17H16ClFN4O2. The molecule has 0 amide bonds. The van der Waals surface area contributed by atoms with Crippen molar-refractivity contribution in [2.75, 3.05) is 25.6 Å². The molecule has 0 N–H and O–H groups in total. The molecule has 6 nitrogen and oxygen atoms in total. The van der Waals surface area contributed by atoms with E-state index in [1.807, 2.05) is 0 Å². The second-order valence-corrected chi connectivity index (χ2v) is 5.54. The number of nitriles is 1. The number of benzene rings is 1.